The molecule has 2 amide bonds. The molecule has 1 aromatic rings. The normalized spacial score (nSPS) is 19.8. The minimum Gasteiger partial charge on any atom is -0.497 e. The summed E-state index contributed by atoms with van der Waals surface area (Å²) < 4.78 is 18.8. The van der Waals surface area contributed by atoms with Crippen LogP contribution in [0.25, 0.3) is 0 Å². The van der Waals surface area contributed by atoms with Gasteiger partial charge >= 0.3 is 0 Å². The van der Waals surface area contributed by atoms with E-state index in [1.807, 2.05) is 13.8 Å². The Hall–Kier alpha value is -2.11. The van der Waals surface area contributed by atoms with E-state index in [0.717, 1.165) is 0 Å². The lowest BCUT2D eigenvalue weighted by Crippen LogP contribution is -2.40. The van der Waals surface area contributed by atoms with E-state index in [9.17, 15) is 14.0 Å². The van der Waals surface area contributed by atoms with Crippen LogP contribution < -0.4 is 10.1 Å². The number of likely N-dealkylation sites (tertiary alicyclic amines) is 1. The molecular weight excluding hydrogens is 275 g/mol. The standard InChI is InChI=1S/C15H19FN2O3/c1-4-9(2)18-14(19)8-13(15(18)20)17-12-7-10(21-3)5-6-11(12)16/h5-7,9,13,17H,4,8H2,1-3H3. The third-order valence-electron chi connectivity index (χ3n) is 3.72. The van der Waals surface area contributed by atoms with Gasteiger partial charge in [-0.3, -0.25) is 14.5 Å². The van der Waals surface area contributed by atoms with Gasteiger partial charge in [0.2, 0.25) is 5.91 Å². The largest absolute Gasteiger partial charge is 0.497 e. The summed E-state index contributed by atoms with van der Waals surface area (Å²) in [5.41, 5.74) is 0.159. The van der Waals surface area contributed by atoms with Crippen molar-refractivity contribution in [2.24, 2.45) is 0 Å². The van der Waals surface area contributed by atoms with Gasteiger partial charge in [-0.2, -0.15) is 0 Å². The Balaban J connectivity index is 2.18. The predicted octanol–water partition coefficient (Wildman–Crippen LogP) is 2.17. The minimum atomic E-state index is -0.729. The lowest BCUT2D eigenvalue weighted by molar-refractivity contribution is -0.140. The average Bonchev–Trinajstić information content (AvgIpc) is 2.75. The first-order chi connectivity index (χ1) is 9.97. The van der Waals surface area contributed by atoms with Crippen LogP contribution in [0.4, 0.5) is 10.1 Å². The summed E-state index contributed by atoms with van der Waals surface area (Å²) in [7, 11) is 1.48. The molecule has 1 N–H and O–H groups in total. The van der Waals surface area contributed by atoms with E-state index in [1.54, 1.807) is 0 Å². The van der Waals surface area contributed by atoms with Gasteiger partial charge in [0, 0.05) is 12.1 Å². The van der Waals surface area contributed by atoms with Gasteiger partial charge in [-0.1, -0.05) is 6.92 Å². The fraction of sp³-hybridized carbons (Fsp3) is 0.467. The molecule has 1 fully saturated rings. The van der Waals surface area contributed by atoms with Crippen LogP contribution in [-0.2, 0) is 9.59 Å². The highest BCUT2D eigenvalue weighted by Crippen LogP contribution is 2.25. The molecule has 2 unspecified atom stereocenters. The smallest absolute Gasteiger partial charge is 0.252 e. The molecule has 0 aromatic heterocycles. The molecule has 21 heavy (non-hydrogen) atoms. The molecule has 6 heteroatoms. The summed E-state index contributed by atoms with van der Waals surface area (Å²) in [6.45, 7) is 3.73. The van der Waals surface area contributed by atoms with Gasteiger partial charge in [0.1, 0.15) is 17.6 Å². The van der Waals surface area contributed by atoms with Crippen molar-refractivity contribution in [3.63, 3.8) is 0 Å². The quantitative estimate of drug-likeness (QED) is 0.846. The van der Waals surface area contributed by atoms with E-state index in [1.165, 1.54) is 30.2 Å². The highest BCUT2D eigenvalue weighted by Gasteiger charge is 2.40. The Morgan fingerprint density at radius 1 is 1.48 bits per heavy atom. The number of anilines is 1. The van der Waals surface area contributed by atoms with Crippen molar-refractivity contribution >= 4 is 17.5 Å². The number of ether oxygens (including phenoxy) is 1. The van der Waals surface area contributed by atoms with E-state index in [4.69, 9.17) is 4.74 Å². The van der Waals surface area contributed by atoms with Gasteiger partial charge < -0.3 is 10.1 Å². The minimum absolute atomic E-state index is 0.0415. The van der Waals surface area contributed by atoms with Gasteiger partial charge in [-0.15, -0.1) is 0 Å². The summed E-state index contributed by atoms with van der Waals surface area (Å²) in [6.07, 6.45) is 0.734. The first-order valence-corrected chi connectivity index (χ1v) is 6.93. The van der Waals surface area contributed by atoms with Crippen LogP contribution >= 0.6 is 0 Å². The second-order valence-corrected chi connectivity index (χ2v) is 5.11. The molecule has 0 saturated carbocycles. The number of imide groups is 1. The third kappa shape index (κ3) is 2.99. The van der Waals surface area contributed by atoms with Crippen molar-refractivity contribution in [1.29, 1.82) is 0 Å². The summed E-state index contributed by atoms with van der Waals surface area (Å²) in [4.78, 5) is 25.5. The highest BCUT2D eigenvalue weighted by molar-refractivity contribution is 6.07. The second kappa shape index (κ2) is 6.11. The molecule has 1 saturated heterocycles. The topological polar surface area (TPSA) is 58.6 Å². The summed E-state index contributed by atoms with van der Waals surface area (Å²) in [5, 5.41) is 2.81. The van der Waals surface area contributed by atoms with Crippen LogP contribution in [0.5, 0.6) is 5.75 Å². The Kier molecular flexibility index (Phi) is 4.45. The number of carbonyl (C=O) groups excluding carboxylic acids is 2. The molecule has 114 valence electrons. The van der Waals surface area contributed by atoms with Crippen molar-refractivity contribution in [3.05, 3.63) is 24.0 Å². The number of halogens is 1. The van der Waals surface area contributed by atoms with Crippen LogP contribution in [0.2, 0.25) is 0 Å². The van der Waals surface area contributed by atoms with Gasteiger partial charge in [0.15, 0.2) is 0 Å². The fourth-order valence-corrected chi connectivity index (χ4v) is 2.34. The van der Waals surface area contributed by atoms with Crippen LogP contribution in [-0.4, -0.2) is 35.9 Å². The van der Waals surface area contributed by atoms with Crippen molar-refractivity contribution in [3.8, 4) is 5.75 Å². The number of rotatable bonds is 5. The van der Waals surface area contributed by atoms with Crippen molar-refractivity contribution < 1.29 is 18.7 Å². The molecule has 1 heterocycles. The summed E-state index contributed by atoms with van der Waals surface area (Å²) in [5.74, 6) is -0.542. The second-order valence-electron chi connectivity index (χ2n) is 5.11. The lowest BCUT2D eigenvalue weighted by Gasteiger charge is -2.22. The third-order valence-corrected chi connectivity index (χ3v) is 3.72. The summed E-state index contributed by atoms with van der Waals surface area (Å²) >= 11 is 0. The van der Waals surface area contributed by atoms with E-state index >= 15 is 0 Å². The number of nitrogens with one attached hydrogen (secondary N) is 1. The van der Waals surface area contributed by atoms with Crippen molar-refractivity contribution in [2.45, 2.75) is 38.8 Å². The monoisotopic (exact) mass is 294 g/mol. The van der Waals surface area contributed by atoms with Crippen LogP contribution in [0.15, 0.2) is 18.2 Å². The van der Waals surface area contributed by atoms with Gasteiger partial charge in [-0.05, 0) is 25.5 Å². The Bertz CT molecular complexity index is 562. The van der Waals surface area contributed by atoms with Gasteiger partial charge in [-0.25, -0.2) is 4.39 Å². The Morgan fingerprint density at radius 3 is 2.81 bits per heavy atom. The number of hydrogen-bond donors (Lipinski definition) is 1. The number of amides is 2. The average molecular weight is 294 g/mol. The zero-order valence-electron chi connectivity index (χ0n) is 12.4. The van der Waals surface area contributed by atoms with Crippen molar-refractivity contribution in [2.75, 3.05) is 12.4 Å². The Morgan fingerprint density at radius 2 is 2.19 bits per heavy atom. The van der Waals surface area contributed by atoms with E-state index in [0.29, 0.717) is 12.2 Å². The molecule has 1 aromatic carbocycles. The highest BCUT2D eigenvalue weighted by atomic mass is 19.1. The molecule has 2 rings (SSSR count). The van der Waals surface area contributed by atoms with Crippen LogP contribution in [0.1, 0.15) is 26.7 Å². The first kappa shape index (κ1) is 15.3. The molecule has 1 aliphatic rings. The molecule has 0 aliphatic carbocycles. The van der Waals surface area contributed by atoms with Gasteiger partial charge in [0.25, 0.3) is 5.91 Å². The summed E-state index contributed by atoms with van der Waals surface area (Å²) in [6, 6.07) is 3.35. The molecule has 2 atom stereocenters. The molecule has 1 aliphatic heterocycles. The maximum atomic E-state index is 13.8. The van der Waals surface area contributed by atoms with Gasteiger partial charge in [0.05, 0.1) is 19.2 Å². The maximum absolute atomic E-state index is 13.8. The fourth-order valence-electron chi connectivity index (χ4n) is 2.34. The van der Waals surface area contributed by atoms with Crippen LogP contribution in [0, 0.1) is 5.82 Å². The molecule has 0 bridgehead atoms. The predicted molar refractivity (Wildman–Crippen MR) is 76.6 cm³/mol. The van der Waals surface area contributed by atoms with E-state index in [2.05, 4.69) is 5.32 Å². The SMILES string of the molecule is CCC(C)N1C(=O)CC(Nc2cc(OC)ccc2F)C1=O. The molecular formula is C15H19FN2O3. The van der Waals surface area contributed by atoms with Crippen LogP contribution in [0.3, 0.4) is 0 Å². The number of hydrogen-bond acceptors (Lipinski definition) is 4. The number of methoxy groups -OCH3 is 1. The zero-order chi connectivity index (χ0) is 15.6. The molecule has 0 radical (unpaired) electrons. The molecule has 5 nitrogen and oxygen atoms in total. The number of benzene rings is 1. The van der Waals surface area contributed by atoms with E-state index in [-0.39, 0.29) is 30.0 Å². The van der Waals surface area contributed by atoms with Crippen molar-refractivity contribution in [1.82, 2.24) is 4.90 Å². The first-order valence-electron chi connectivity index (χ1n) is 6.93. The van der Waals surface area contributed by atoms with E-state index < -0.39 is 11.9 Å². The zero-order valence-corrected chi connectivity index (χ0v) is 12.4. The molecule has 0 spiro atoms. The Labute approximate surface area is 123 Å². The number of nitrogens with zero attached hydrogens (tertiary/aromatic N) is 1. The number of carbonyl (C=O) groups is 2. The maximum Gasteiger partial charge on any atom is 0.252 e. The lowest BCUT2D eigenvalue weighted by atomic mass is 10.2.